The van der Waals surface area contributed by atoms with Crippen LogP contribution >= 0.6 is 11.8 Å². The lowest BCUT2D eigenvalue weighted by molar-refractivity contribution is -0.137. The quantitative estimate of drug-likeness (QED) is 0.407. The normalized spacial score (nSPS) is 19.1. The monoisotopic (exact) mass is 581 g/mol. The number of amides is 1. The number of nitrogens with zero attached hydrogens (tertiary/aromatic N) is 3. The Morgan fingerprint density at radius 2 is 1.85 bits per heavy atom. The Balaban J connectivity index is 0.000000557. The molecule has 40 heavy (non-hydrogen) atoms. The molecule has 8 nitrogen and oxygen atoms in total. The number of carbonyl (C=O) groups excluding carboxylic acids is 1. The van der Waals surface area contributed by atoms with Crippen molar-refractivity contribution in [1.29, 1.82) is 0 Å². The number of alkyl halides is 3. The fraction of sp³-hybridized carbons (Fsp3) is 0.444. The van der Waals surface area contributed by atoms with Crippen molar-refractivity contribution in [2.75, 3.05) is 37.4 Å². The maximum Gasteiger partial charge on any atom is 0.417 e. The van der Waals surface area contributed by atoms with E-state index in [1.807, 2.05) is 18.7 Å². The van der Waals surface area contributed by atoms with Crippen LogP contribution in [0, 0.1) is 5.82 Å². The summed E-state index contributed by atoms with van der Waals surface area (Å²) in [7, 11) is 1.47. The number of hydrogen-bond donors (Lipinski definition) is 3. The van der Waals surface area contributed by atoms with Crippen LogP contribution in [0.4, 0.5) is 23.4 Å². The molecule has 3 heterocycles. The second kappa shape index (κ2) is 12.1. The van der Waals surface area contributed by atoms with Gasteiger partial charge in [-0.15, -0.1) is 11.8 Å². The van der Waals surface area contributed by atoms with Crippen molar-refractivity contribution >= 4 is 34.4 Å². The van der Waals surface area contributed by atoms with Crippen molar-refractivity contribution < 1.29 is 27.5 Å². The molecule has 0 bridgehead atoms. The number of aliphatic hydroxyl groups excluding tert-OH is 1. The highest BCUT2D eigenvalue weighted by molar-refractivity contribution is 7.99. The topological polar surface area (TPSA) is 99.5 Å². The second-order valence-corrected chi connectivity index (χ2v) is 10.9. The molecule has 2 aliphatic rings. The first-order valence-electron chi connectivity index (χ1n) is 12.8. The van der Waals surface area contributed by atoms with Crippen LogP contribution in [0.1, 0.15) is 25.8 Å². The van der Waals surface area contributed by atoms with E-state index in [0.717, 1.165) is 18.2 Å². The minimum absolute atomic E-state index is 0.0146. The summed E-state index contributed by atoms with van der Waals surface area (Å²) in [6.07, 6.45) is -4.02. The van der Waals surface area contributed by atoms with Crippen molar-refractivity contribution in [2.24, 2.45) is 0 Å². The summed E-state index contributed by atoms with van der Waals surface area (Å²) >= 11 is 1.31. The van der Waals surface area contributed by atoms with Gasteiger partial charge >= 0.3 is 11.9 Å². The van der Waals surface area contributed by atoms with Gasteiger partial charge in [0.1, 0.15) is 18.2 Å². The number of carbonyl (C=O) groups is 1. The predicted molar refractivity (Wildman–Crippen MR) is 147 cm³/mol. The Kier molecular flexibility index (Phi) is 9.06. The summed E-state index contributed by atoms with van der Waals surface area (Å²) in [6.45, 7) is 5.01. The number of aromatic nitrogens is 2. The number of nitrogens with one attached hydrogen (secondary N) is 2. The van der Waals surface area contributed by atoms with Gasteiger partial charge in [0, 0.05) is 54.6 Å². The molecule has 0 spiro atoms. The lowest BCUT2D eigenvalue weighted by Gasteiger charge is -2.37. The molecule has 3 aromatic rings. The van der Waals surface area contributed by atoms with Gasteiger partial charge in [-0.25, -0.2) is 9.18 Å². The van der Waals surface area contributed by atoms with Crippen molar-refractivity contribution in [3.8, 4) is 11.1 Å². The lowest BCUT2D eigenvalue weighted by atomic mass is 9.96. The molecule has 2 aliphatic heterocycles. The van der Waals surface area contributed by atoms with E-state index in [0.29, 0.717) is 47.6 Å². The molecule has 216 valence electrons. The number of piperazine rings is 1. The van der Waals surface area contributed by atoms with E-state index in [4.69, 9.17) is 5.11 Å². The molecule has 2 unspecified atom stereocenters. The molecule has 0 saturated carbocycles. The molecular formula is C27H31F4N5O3S. The fourth-order valence-electron chi connectivity index (χ4n) is 5.08. The number of rotatable bonds is 3. The van der Waals surface area contributed by atoms with Gasteiger partial charge in [-0.2, -0.15) is 18.2 Å². The van der Waals surface area contributed by atoms with Crippen LogP contribution in [0.2, 0.25) is 0 Å². The van der Waals surface area contributed by atoms with Crippen molar-refractivity contribution in [2.45, 2.75) is 50.0 Å². The first kappa shape index (κ1) is 29.8. The third-order valence-corrected chi connectivity index (χ3v) is 7.87. The lowest BCUT2D eigenvalue weighted by Crippen LogP contribution is -2.55. The molecular weight excluding hydrogens is 550 g/mol. The number of anilines is 1. The molecule has 1 fully saturated rings. The zero-order valence-corrected chi connectivity index (χ0v) is 23.1. The van der Waals surface area contributed by atoms with Crippen LogP contribution in [-0.2, 0) is 17.5 Å². The molecule has 1 saturated heterocycles. The Bertz CT molecular complexity index is 1430. The zero-order chi connectivity index (χ0) is 29.2. The number of thioether (sulfide) groups is 1. The van der Waals surface area contributed by atoms with E-state index in [9.17, 15) is 27.2 Å². The Labute approximate surface area is 232 Å². The number of likely N-dealkylation sites (N-methyl/N-ethyl adjacent to an activating group) is 1. The largest absolute Gasteiger partial charge is 0.417 e. The molecule has 1 aromatic heterocycles. The second-order valence-electron chi connectivity index (χ2n) is 9.81. The van der Waals surface area contributed by atoms with Crippen LogP contribution in [0.3, 0.4) is 0 Å². The van der Waals surface area contributed by atoms with Gasteiger partial charge in [-0.1, -0.05) is 12.1 Å². The average Bonchev–Trinajstić information content (AvgIpc) is 3.14. The summed E-state index contributed by atoms with van der Waals surface area (Å²) in [5.41, 5.74) is -0.542. The highest BCUT2D eigenvalue weighted by Gasteiger charge is 2.38. The average molecular weight is 582 g/mol. The number of aliphatic hydroxyl groups is 1. The van der Waals surface area contributed by atoms with E-state index in [-0.39, 0.29) is 34.9 Å². The van der Waals surface area contributed by atoms with E-state index in [2.05, 4.69) is 15.6 Å². The summed E-state index contributed by atoms with van der Waals surface area (Å²) < 4.78 is 58.5. The fourth-order valence-corrected chi connectivity index (χ4v) is 6.29. The first-order chi connectivity index (χ1) is 18.9. The summed E-state index contributed by atoms with van der Waals surface area (Å²) in [6, 6.07) is 6.33. The van der Waals surface area contributed by atoms with E-state index < -0.39 is 29.9 Å². The Morgan fingerprint density at radius 1 is 1.20 bits per heavy atom. The van der Waals surface area contributed by atoms with Gasteiger partial charge in [0.25, 0.3) is 0 Å². The smallest absolute Gasteiger partial charge is 0.387 e. The molecule has 2 aromatic carbocycles. The van der Waals surface area contributed by atoms with Crippen LogP contribution in [0.5, 0.6) is 0 Å². The number of hydrogen-bond acceptors (Lipinski definition) is 7. The van der Waals surface area contributed by atoms with E-state index in [1.165, 1.54) is 35.5 Å². The molecule has 0 aliphatic carbocycles. The number of benzene rings is 2. The summed E-state index contributed by atoms with van der Waals surface area (Å²) in [4.78, 5) is 29.6. The Morgan fingerprint density at radius 3 is 2.40 bits per heavy atom. The predicted octanol–water partition coefficient (Wildman–Crippen LogP) is 3.63. The maximum atomic E-state index is 14.5. The highest BCUT2D eigenvalue weighted by atomic mass is 32.2. The van der Waals surface area contributed by atoms with Gasteiger partial charge in [0.2, 0.25) is 5.91 Å². The molecule has 0 radical (unpaired) electrons. The van der Waals surface area contributed by atoms with Crippen molar-refractivity contribution in [3.05, 3.63) is 52.2 Å². The van der Waals surface area contributed by atoms with Gasteiger partial charge in [0.15, 0.2) is 0 Å². The molecule has 5 rings (SSSR count). The number of halogens is 4. The van der Waals surface area contributed by atoms with Crippen LogP contribution in [0.15, 0.2) is 40.0 Å². The van der Waals surface area contributed by atoms with Gasteiger partial charge in [-0.3, -0.25) is 9.36 Å². The SMILES string of the molecule is CC1CN(c2nc(=O)n3c4c(c(-c5ccc(F)cc5)c(C(F)(F)F)cc24)SCCC3)CC(C)N1.CNC(=O)CO. The third-order valence-electron chi connectivity index (χ3n) is 6.69. The third kappa shape index (κ3) is 6.26. The molecule has 3 N–H and O–H groups in total. The molecule has 13 heteroatoms. The maximum absolute atomic E-state index is 14.5. The highest BCUT2D eigenvalue weighted by Crippen LogP contribution is 2.48. The standard InChI is InChI=1S/C24H24F4N4OS.C3H7NO2/c1-13-11-31(12-14(2)29-13)22-17-10-18(24(26,27)28)19(15-4-6-16(25)7-5-15)21-20(17)32(23(33)30-22)8-3-9-34-21;1-4-3(6)2-5/h4-7,10,13-14,29H,3,8-9,11-12H2,1-2H3;5H,2H2,1H3,(H,4,6). The summed E-state index contributed by atoms with van der Waals surface area (Å²) in [5.74, 6) is -0.0312. The summed E-state index contributed by atoms with van der Waals surface area (Å²) in [5, 5.41) is 13.9. The molecule has 1 amide bonds. The van der Waals surface area contributed by atoms with E-state index >= 15 is 0 Å². The van der Waals surface area contributed by atoms with Crippen LogP contribution < -0.4 is 21.2 Å². The minimum Gasteiger partial charge on any atom is -0.387 e. The number of aryl methyl sites for hydroxylation is 1. The Hall–Kier alpha value is -3.16. The van der Waals surface area contributed by atoms with Crippen molar-refractivity contribution in [3.63, 3.8) is 0 Å². The van der Waals surface area contributed by atoms with Gasteiger partial charge in [0.05, 0.1) is 11.1 Å². The molecule has 2 atom stereocenters. The van der Waals surface area contributed by atoms with Crippen molar-refractivity contribution in [1.82, 2.24) is 20.2 Å². The van der Waals surface area contributed by atoms with Crippen LogP contribution in [0.25, 0.3) is 22.0 Å². The van der Waals surface area contributed by atoms with Crippen LogP contribution in [-0.4, -0.2) is 65.1 Å². The van der Waals surface area contributed by atoms with Gasteiger partial charge in [-0.05, 0) is 49.8 Å². The van der Waals surface area contributed by atoms with Gasteiger partial charge < -0.3 is 20.6 Å². The minimum atomic E-state index is -4.65. The first-order valence-corrected chi connectivity index (χ1v) is 13.8. The van der Waals surface area contributed by atoms with E-state index in [1.54, 1.807) is 0 Å². The zero-order valence-electron chi connectivity index (χ0n) is 22.3.